The van der Waals surface area contributed by atoms with Gasteiger partial charge in [-0.2, -0.15) is 10.1 Å². The van der Waals surface area contributed by atoms with Gasteiger partial charge in [0.2, 0.25) is 0 Å². The van der Waals surface area contributed by atoms with Crippen LogP contribution < -0.4 is 0 Å². The maximum atomic E-state index is 12.8. The summed E-state index contributed by atoms with van der Waals surface area (Å²) >= 11 is 6.15. The molecule has 6 rings (SSSR count). The highest BCUT2D eigenvalue weighted by Gasteiger charge is 2.56. The van der Waals surface area contributed by atoms with Crippen molar-refractivity contribution >= 4 is 35.3 Å². The SMILES string of the molecule is O=C1[C@@H]2[C@@H](C(=O)N1/N=C\c1ccc(-c3cc([N+](=O)[O-])ccc3Cl)o1)[C@@H]1C=C[C@@H]2CC1. The molecule has 0 unspecified atom stereocenters. The Kier molecular flexibility index (Phi) is 4.32. The van der Waals surface area contributed by atoms with Crippen LogP contribution in [0.5, 0.6) is 0 Å². The maximum Gasteiger partial charge on any atom is 0.270 e. The summed E-state index contributed by atoms with van der Waals surface area (Å²) in [5.41, 5.74) is 0.257. The number of fused-ring (bicyclic) bond motifs is 1. The molecule has 1 aromatic carbocycles. The van der Waals surface area contributed by atoms with Crippen molar-refractivity contribution in [3.8, 4) is 11.3 Å². The van der Waals surface area contributed by atoms with Crippen molar-refractivity contribution in [3.05, 3.63) is 63.4 Å². The van der Waals surface area contributed by atoms with Crippen molar-refractivity contribution in [2.24, 2.45) is 28.8 Å². The average Bonchev–Trinajstić information content (AvgIpc) is 3.32. The van der Waals surface area contributed by atoms with Gasteiger partial charge in [-0.15, -0.1) is 0 Å². The molecule has 4 aliphatic rings. The highest BCUT2D eigenvalue weighted by atomic mass is 35.5. The average molecular weight is 426 g/mol. The second-order valence-electron chi connectivity index (χ2n) is 7.70. The van der Waals surface area contributed by atoms with Crippen molar-refractivity contribution in [2.45, 2.75) is 12.8 Å². The van der Waals surface area contributed by atoms with Gasteiger partial charge in [0.05, 0.1) is 28.0 Å². The first-order chi connectivity index (χ1) is 14.4. The van der Waals surface area contributed by atoms with Crippen molar-refractivity contribution in [3.63, 3.8) is 0 Å². The molecular formula is C21H16ClN3O5. The van der Waals surface area contributed by atoms with Gasteiger partial charge in [-0.1, -0.05) is 23.8 Å². The number of nitro benzene ring substituents is 1. The van der Waals surface area contributed by atoms with Crippen LogP contribution in [0, 0.1) is 33.8 Å². The fourth-order valence-corrected chi connectivity index (χ4v) is 4.88. The highest BCUT2D eigenvalue weighted by Crippen LogP contribution is 2.49. The third kappa shape index (κ3) is 2.87. The Morgan fingerprint density at radius 1 is 1.10 bits per heavy atom. The van der Waals surface area contributed by atoms with Crippen LogP contribution in [0.15, 0.2) is 52.0 Å². The number of non-ortho nitro benzene ring substituents is 1. The molecule has 1 aliphatic heterocycles. The van der Waals surface area contributed by atoms with Crippen LogP contribution in [0.3, 0.4) is 0 Å². The number of halogens is 1. The maximum absolute atomic E-state index is 12.8. The van der Waals surface area contributed by atoms with Gasteiger partial charge >= 0.3 is 0 Å². The molecule has 1 saturated heterocycles. The number of nitro groups is 1. The van der Waals surface area contributed by atoms with Gasteiger partial charge in [-0.3, -0.25) is 19.7 Å². The zero-order valence-corrected chi connectivity index (χ0v) is 16.4. The Morgan fingerprint density at radius 2 is 1.77 bits per heavy atom. The minimum Gasteiger partial charge on any atom is -0.455 e. The standard InChI is InChI=1S/C21H16ClN3O5/c22-16-7-5-13(25(28)29)9-15(16)17-8-6-14(30-17)10-23-24-20(26)18-11-1-2-12(4-3-11)19(18)21(24)27/h1-2,5-12,18-19H,3-4H2/b23-10-/t11-,12-,18+,19+/m1/s1. The Labute approximate surface area is 175 Å². The number of amides is 2. The van der Waals surface area contributed by atoms with E-state index in [-0.39, 0.29) is 41.2 Å². The Balaban J connectivity index is 1.39. The van der Waals surface area contributed by atoms with Gasteiger partial charge < -0.3 is 4.42 Å². The Morgan fingerprint density at radius 3 is 2.37 bits per heavy atom. The van der Waals surface area contributed by atoms with E-state index in [9.17, 15) is 19.7 Å². The molecule has 0 N–H and O–H groups in total. The molecule has 0 radical (unpaired) electrons. The normalized spacial score (nSPS) is 27.3. The summed E-state index contributed by atoms with van der Waals surface area (Å²) in [5, 5.41) is 16.4. The van der Waals surface area contributed by atoms with E-state index < -0.39 is 4.92 Å². The fraction of sp³-hybridized carbons (Fsp3) is 0.286. The van der Waals surface area contributed by atoms with E-state index in [0.29, 0.717) is 22.1 Å². The van der Waals surface area contributed by atoms with E-state index in [4.69, 9.17) is 16.0 Å². The molecule has 1 saturated carbocycles. The number of rotatable bonds is 4. The lowest BCUT2D eigenvalue weighted by Crippen LogP contribution is -2.38. The van der Waals surface area contributed by atoms with E-state index in [1.54, 1.807) is 12.1 Å². The molecule has 2 heterocycles. The second-order valence-corrected chi connectivity index (χ2v) is 8.10. The summed E-state index contributed by atoms with van der Waals surface area (Å²) in [7, 11) is 0. The smallest absolute Gasteiger partial charge is 0.270 e. The first-order valence-electron chi connectivity index (χ1n) is 9.58. The van der Waals surface area contributed by atoms with Crippen LogP contribution in [0.2, 0.25) is 5.02 Å². The Bertz CT molecular complexity index is 1110. The zero-order chi connectivity index (χ0) is 21.0. The van der Waals surface area contributed by atoms with Crippen LogP contribution in [0.1, 0.15) is 18.6 Å². The first kappa shape index (κ1) is 18.7. The number of hydrazone groups is 1. The van der Waals surface area contributed by atoms with E-state index in [1.165, 1.54) is 24.4 Å². The number of allylic oxidation sites excluding steroid dienone is 2. The second kappa shape index (κ2) is 6.91. The van der Waals surface area contributed by atoms with E-state index >= 15 is 0 Å². The van der Waals surface area contributed by atoms with Crippen molar-refractivity contribution in [1.29, 1.82) is 0 Å². The summed E-state index contributed by atoms with van der Waals surface area (Å²) < 4.78 is 5.67. The monoisotopic (exact) mass is 425 g/mol. The molecule has 2 amide bonds. The highest BCUT2D eigenvalue weighted by molar-refractivity contribution is 6.33. The van der Waals surface area contributed by atoms with Crippen LogP contribution >= 0.6 is 11.6 Å². The molecule has 2 fully saturated rings. The Hall–Kier alpha value is -3.26. The lowest BCUT2D eigenvalue weighted by atomic mass is 9.63. The molecule has 3 aliphatic carbocycles. The number of nitrogens with zero attached hydrogens (tertiary/aromatic N) is 3. The number of hydrogen-bond donors (Lipinski definition) is 0. The molecule has 8 nitrogen and oxygen atoms in total. The minimum absolute atomic E-state index is 0.0999. The summed E-state index contributed by atoms with van der Waals surface area (Å²) in [6.07, 6.45) is 7.25. The number of benzene rings is 1. The van der Waals surface area contributed by atoms with E-state index in [1.807, 2.05) is 0 Å². The summed E-state index contributed by atoms with van der Waals surface area (Å²) in [5.74, 6) is -0.374. The van der Waals surface area contributed by atoms with Gasteiger partial charge in [0, 0.05) is 17.7 Å². The lowest BCUT2D eigenvalue weighted by molar-refractivity contribution is -0.384. The number of carbonyl (C=O) groups is 2. The largest absolute Gasteiger partial charge is 0.455 e. The topological polar surface area (TPSA) is 106 Å². The third-order valence-corrected chi connectivity index (χ3v) is 6.42. The molecule has 1 aromatic heterocycles. The molecular weight excluding hydrogens is 410 g/mol. The minimum atomic E-state index is -0.517. The predicted octanol–water partition coefficient (Wildman–Crippen LogP) is 4.04. The first-order valence-corrected chi connectivity index (χ1v) is 9.96. The lowest BCUT2D eigenvalue weighted by Gasteiger charge is -2.37. The van der Waals surface area contributed by atoms with Crippen molar-refractivity contribution in [1.82, 2.24) is 5.01 Å². The van der Waals surface area contributed by atoms with Gasteiger partial charge in [0.1, 0.15) is 11.5 Å². The number of carbonyl (C=O) groups excluding carboxylic acids is 2. The summed E-state index contributed by atoms with van der Waals surface area (Å²) in [4.78, 5) is 36.0. The molecule has 30 heavy (non-hydrogen) atoms. The third-order valence-electron chi connectivity index (χ3n) is 6.09. The van der Waals surface area contributed by atoms with Gasteiger partial charge in [-0.25, -0.2) is 0 Å². The molecule has 2 aromatic rings. The quantitative estimate of drug-likeness (QED) is 0.241. The molecule has 4 atom stereocenters. The summed E-state index contributed by atoms with van der Waals surface area (Å²) in [6.45, 7) is 0. The van der Waals surface area contributed by atoms with Gasteiger partial charge in [-0.05, 0) is 42.9 Å². The van der Waals surface area contributed by atoms with Crippen LogP contribution in [-0.4, -0.2) is 28.0 Å². The number of furan rings is 1. The van der Waals surface area contributed by atoms with E-state index in [0.717, 1.165) is 17.9 Å². The predicted molar refractivity (Wildman–Crippen MR) is 108 cm³/mol. The molecule has 2 bridgehead atoms. The molecule has 9 heteroatoms. The molecule has 152 valence electrons. The van der Waals surface area contributed by atoms with Crippen molar-refractivity contribution < 1.29 is 18.9 Å². The van der Waals surface area contributed by atoms with Gasteiger partial charge in [0.25, 0.3) is 17.5 Å². The number of hydrogen-bond acceptors (Lipinski definition) is 6. The fourth-order valence-electron chi connectivity index (χ4n) is 4.67. The van der Waals surface area contributed by atoms with Crippen LogP contribution in [0.25, 0.3) is 11.3 Å². The van der Waals surface area contributed by atoms with Gasteiger partial charge in [0.15, 0.2) is 0 Å². The van der Waals surface area contributed by atoms with Crippen LogP contribution in [-0.2, 0) is 9.59 Å². The van der Waals surface area contributed by atoms with E-state index in [2.05, 4.69) is 17.3 Å². The summed E-state index contributed by atoms with van der Waals surface area (Å²) in [6, 6.07) is 7.25. The van der Waals surface area contributed by atoms with Crippen molar-refractivity contribution in [2.75, 3.05) is 0 Å². The number of imide groups is 1. The van der Waals surface area contributed by atoms with Crippen LogP contribution in [0.4, 0.5) is 5.69 Å². The zero-order valence-electron chi connectivity index (χ0n) is 15.6. The molecule has 0 spiro atoms.